The average molecular weight is 494 g/mol. The second-order valence-electron chi connectivity index (χ2n) is 7.02. The van der Waals surface area contributed by atoms with Gasteiger partial charge in [-0.3, -0.25) is 14.3 Å². The fourth-order valence-electron chi connectivity index (χ4n) is 3.10. The first kappa shape index (κ1) is 21.3. The normalized spacial score (nSPS) is 10.8. The lowest BCUT2D eigenvalue weighted by molar-refractivity contribution is -0.113. The first-order chi connectivity index (χ1) is 15.0. The molecule has 31 heavy (non-hydrogen) atoms. The van der Waals surface area contributed by atoms with E-state index in [4.69, 9.17) is 0 Å². The van der Waals surface area contributed by atoms with Crippen LogP contribution in [0.2, 0.25) is 0 Å². The second kappa shape index (κ2) is 9.45. The molecule has 4 aromatic rings. The van der Waals surface area contributed by atoms with Crippen molar-refractivity contribution in [2.24, 2.45) is 0 Å². The number of aromatic nitrogens is 4. The summed E-state index contributed by atoms with van der Waals surface area (Å²) in [5.41, 5.74) is 4.82. The van der Waals surface area contributed by atoms with Crippen molar-refractivity contribution in [3.05, 3.63) is 82.6 Å². The molecule has 0 unspecified atom stereocenters. The number of thioether (sulfide) groups is 1. The molecule has 8 heteroatoms. The quantitative estimate of drug-likeness (QED) is 0.362. The highest BCUT2D eigenvalue weighted by atomic mass is 79.9. The Balaban J connectivity index is 1.58. The molecule has 2 aromatic carbocycles. The number of nitrogens with one attached hydrogen (secondary N) is 1. The van der Waals surface area contributed by atoms with Crippen LogP contribution in [0.5, 0.6) is 0 Å². The molecule has 4 rings (SSSR count). The van der Waals surface area contributed by atoms with E-state index in [-0.39, 0.29) is 11.7 Å². The summed E-state index contributed by atoms with van der Waals surface area (Å²) in [6.07, 6.45) is 3.45. The first-order valence-corrected chi connectivity index (χ1v) is 11.4. The van der Waals surface area contributed by atoms with E-state index in [2.05, 4.69) is 42.5 Å². The van der Waals surface area contributed by atoms with Crippen molar-refractivity contribution in [1.29, 1.82) is 0 Å². The number of pyridine rings is 1. The predicted octanol–water partition coefficient (Wildman–Crippen LogP) is 5.44. The molecule has 2 aromatic heterocycles. The van der Waals surface area contributed by atoms with Crippen LogP contribution in [0.1, 0.15) is 11.1 Å². The first-order valence-electron chi connectivity index (χ1n) is 9.63. The Bertz CT molecular complexity index is 1230. The molecule has 0 radical (unpaired) electrons. The summed E-state index contributed by atoms with van der Waals surface area (Å²) in [6, 6.07) is 17.6. The van der Waals surface area contributed by atoms with E-state index in [0.29, 0.717) is 11.0 Å². The summed E-state index contributed by atoms with van der Waals surface area (Å²) in [5, 5.41) is 12.4. The lowest BCUT2D eigenvalue weighted by Crippen LogP contribution is -2.14. The van der Waals surface area contributed by atoms with Gasteiger partial charge in [0.15, 0.2) is 11.0 Å². The molecule has 0 saturated heterocycles. The van der Waals surface area contributed by atoms with Crippen LogP contribution in [0.25, 0.3) is 17.1 Å². The highest BCUT2D eigenvalue weighted by Gasteiger charge is 2.17. The molecule has 156 valence electrons. The summed E-state index contributed by atoms with van der Waals surface area (Å²) in [7, 11) is 0. The van der Waals surface area contributed by atoms with Crippen molar-refractivity contribution >= 4 is 39.3 Å². The smallest absolute Gasteiger partial charge is 0.234 e. The van der Waals surface area contributed by atoms with Crippen LogP contribution < -0.4 is 5.32 Å². The highest BCUT2D eigenvalue weighted by Crippen LogP contribution is 2.28. The third kappa shape index (κ3) is 5.03. The molecule has 0 atom stereocenters. The van der Waals surface area contributed by atoms with Crippen LogP contribution in [0.3, 0.4) is 0 Å². The van der Waals surface area contributed by atoms with Gasteiger partial charge >= 0.3 is 0 Å². The summed E-state index contributed by atoms with van der Waals surface area (Å²) < 4.78 is 2.99. The zero-order valence-corrected chi connectivity index (χ0v) is 19.4. The number of anilines is 1. The molecule has 1 amide bonds. The van der Waals surface area contributed by atoms with Gasteiger partial charge in [-0.25, -0.2) is 0 Å². The molecule has 0 spiro atoms. The largest absolute Gasteiger partial charge is 0.325 e. The molecule has 0 bridgehead atoms. The third-order valence-corrected chi connectivity index (χ3v) is 6.42. The Morgan fingerprint density at radius 2 is 1.87 bits per heavy atom. The van der Waals surface area contributed by atoms with E-state index in [0.717, 1.165) is 32.5 Å². The Kier molecular flexibility index (Phi) is 6.48. The number of aryl methyl sites for hydroxylation is 2. The Morgan fingerprint density at radius 1 is 1.06 bits per heavy atom. The summed E-state index contributed by atoms with van der Waals surface area (Å²) in [6.45, 7) is 4.03. The minimum Gasteiger partial charge on any atom is -0.325 e. The van der Waals surface area contributed by atoms with E-state index in [9.17, 15) is 4.79 Å². The standard InChI is InChI=1S/C23H20BrN5OS/c1-15-4-3-5-19(12-15)29-22(17-8-10-25-11-9-17)27-28-23(29)31-14-21(30)26-18-6-7-20(24)16(2)13-18/h3-13H,14H2,1-2H3,(H,26,30). The number of hydrogen-bond donors (Lipinski definition) is 1. The number of carbonyl (C=O) groups is 1. The van der Waals surface area contributed by atoms with Crippen molar-refractivity contribution < 1.29 is 4.79 Å². The molecule has 1 N–H and O–H groups in total. The van der Waals surface area contributed by atoms with Crippen molar-refractivity contribution in [2.45, 2.75) is 19.0 Å². The minimum atomic E-state index is -0.101. The van der Waals surface area contributed by atoms with Crippen LogP contribution >= 0.6 is 27.7 Å². The van der Waals surface area contributed by atoms with E-state index in [1.54, 1.807) is 12.4 Å². The number of halogens is 1. The SMILES string of the molecule is Cc1cccc(-n2c(SCC(=O)Nc3ccc(Br)c(C)c3)nnc2-c2ccncc2)c1. The molecule has 2 heterocycles. The van der Waals surface area contributed by atoms with E-state index in [1.165, 1.54) is 11.8 Å². The van der Waals surface area contributed by atoms with Gasteiger partial charge in [-0.1, -0.05) is 39.8 Å². The van der Waals surface area contributed by atoms with Gasteiger partial charge in [-0.2, -0.15) is 0 Å². The zero-order valence-electron chi connectivity index (χ0n) is 17.0. The fraction of sp³-hybridized carbons (Fsp3) is 0.130. The number of carbonyl (C=O) groups excluding carboxylic acids is 1. The molecular weight excluding hydrogens is 474 g/mol. The van der Waals surface area contributed by atoms with Gasteiger partial charge in [0, 0.05) is 33.8 Å². The summed E-state index contributed by atoms with van der Waals surface area (Å²) in [4.78, 5) is 16.6. The topological polar surface area (TPSA) is 72.7 Å². The number of benzene rings is 2. The second-order valence-corrected chi connectivity index (χ2v) is 8.81. The Hall–Kier alpha value is -2.97. The van der Waals surface area contributed by atoms with Gasteiger partial charge in [-0.05, 0) is 67.4 Å². The molecule has 0 saturated carbocycles. The van der Waals surface area contributed by atoms with Crippen LogP contribution in [-0.2, 0) is 4.79 Å². The maximum Gasteiger partial charge on any atom is 0.234 e. The van der Waals surface area contributed by atoms with Crippen molar-refractivity contribution in [1.82, 2.24) is 19.7 Å². The summed E-state index contributed by atoms with van der Waals surface area (Å²) in [5.74, 6) is 0.825. The van der Waals surface area contributed by atoms with Gasteiger partial charge in [0.25, 0.3) is 0 Å². The lowest BCUT2D eigenvalue weighted by atomic mass is 10.2. The van der Waals surface area contributed by atoms with Gasteiger partial charge in [-0.15, -0.1) is 10.2 Å². The molecule has 0 aliphatic rings. The van der Waals surface area contributed by atoms with Crippen LogP contribution in [0.15, 0.2) is 76.6 Å². The minimum absolute atomic E-state index is 0.101. The van der Waals surface area contributed by atoms with Gasteiger partial charge in [0.05, 0.1) is 5.75 Å². The highest BCUT2D eigenvalue weighted by molar-refractivity contribution is 9.10. The van der Waals surface area contributed by atoms with Crippen molar-refractivity contribution in [3.63, 3.8) is 0 Å². The number of rotatable bonds is 6. The summed E-state index contributed by atoms with van der Waals surface area (Å²) >= 11 is 4.83. The van der Waals surface area contributed by atoms with E-state index in [1.807, 2.05) is 66.9 Å². The predicted molar refractivity (Wildman–Crippen MR) is 128 cm³/mol. The number of amides is 1. The zero-order chi connectivity index (χ0) is 21.8. The van der Waals surface area contributed by atoms with Gasteiger partial charge in [0.1, 0.15) is 0 Å². The van der Waals surface area contributed by atoms with Crippen LogP contribution in [0, 0.1) is 13.8 Å². The number of hydrogen-bond acceptors (Lipinski definition) is 5. The Labute approximate surface area is 193 Å². The molecular formula is C23H20BrN5OS. The van der Waals surface area contributed by atoms with Crippen molar-refractivity contribution in [2.75, 3.05) is 11.1 Å². The van der Waals surface area contributed by atoms with Gasteiger partial charge in [0.2, 0.25) is 5.91 Å². The van der Waals surface area contributed by atoms with Crippen molar-refractivity contribution in [3.8, 4) is 17.1 Å². The number of nitrogens with zero attached hydrogens (tertiary/aromatic N) is 4. The van der Waals surface area contributed by atoms with Gasteiger partial charge < -0.3 is 5.32 Å². The molecule has 0 aliphatic heterocycles. The maximum atomic E-state index is 12.6. The molecule has 0 fully saturated rings. The molecule has 6 nitrogen and oxygen atoms in total. The third-order valence-electron chi connectivity index (χ3n) is 4.61. The Morgan fingerprint density at radius 3 is 2.61 bits per heavy atom. The fourth-order valence-corrected chi connectivity index (χ4v) is 4.10. The van der Waals surface area contributed by atoms with Crippen LogP contribution in [0.4, 0.5) is 5.69 Å². The van der Waals surface area contributed by atoms with Crippen LogP contribution in [-0.4, -0.2) is 31.4 Å². The van der Waals surface area contributed by atoms with E-state index >= 15 is 0 Å². The lowest BCUT2D eigenvalue weighted by Gasteiger charge is -2.11. The molecule has 0 aliphatic carbocycles. The average Bonchev–Trinajstić information content (AvgIpc) is 3.19. The monoisotopic (exact) mass is 493 g/mol. The van der Waals surface area contributed by atoms with E-state index < -0.39 is 0 Å². The maximum absolute atomic E-state index is 12.6.